The van der Waals surface area contributed by atoms with Crippen LogP contribution in [-0.4, -0.2) is 31.6 Å². The second kappa shape index (κ2) is 10.1. The first-order valence-corrected chi connectivity index (χ1v) is 11.9. The van der Waals surface area contributed by atoms with Crippen LogP contribution in [0, 0.1) is 12.7 Å². The minimum absolute atomic E-state index is 0.281. The van der Waals surface area contributed by atoms with E-state index in [1.807, 2.05) is 17.6 Å². The number of carbonyl (C=O) groups is 2. The Kier molecular flexibility index (Phi) is 6.53. The molecule has 3 heterocycles. The van der Waals surface area contributed by atoms with Crippen LogP contribution in [0.15, 0.2) is 60.9 Å². The molecule has 182 valence electrons. The van der Waals surface area contributed by atoms with Crippen molar-refractivity contribution in [2.75, 3.05) is 10.6 Å². The van der Waals surface area contributed by atoms with Crippen LogP contribution in [0.5, 0.6) is 0 Å². The number of pyridine rings is 1. The summed E-state index contributed by atoms with van der Waals surface area (Å²) in [4.78, 5) is 29.9. The van der Waals surface area contributed by atoms with Crippen LogP contribution < -0.4 is 10.6 Å². The van der Waals surface area contributed by atoms with Crippen molar-refractivity contribution in [3.05, 3.63) is 89.3 Å². The first-order valence-electron chi connectivity index (χ1n) is 11.9. The molecule has 2 N–H and O–H groups in total. The zero-order valence-electron chi connectivity index (χ0n) is 19.8. The number of amides is 2. The number of aromatic nitrogens is 4. The Hall–Kier alpha value is -4.40. The summed E-state index contributed by atoms with van der Waals surface area (Å²) in [5.41, 5.74) is 2.55. The average molecular weight is 485 g/mol. The molecule has 0 saturated carbocycles. The van der Waals surface area contributed by atoms with Gasteiger partial charge in [0.05, 0.1) is 16.8 Å². The van der Waals surface area contributed by atoms with Crippen LogP contribution in [-0.2, 0) is 13.0 Å². The van der Waals surface area contributed by atoms with E-state index in [4.69, 9.17) is 0 Å². The molecule has 9 heteroatoms. The molecule has 0 unspecified atom stereocenters. The number of fused-ring (bicyclic) bond motifs is 1. The Balaban J connectivity index is 1.42. The van der Waals surface area contributed by atoms with E-state index >= 15 is 0 Å². The number of hydrogen-bond donors (Lipinski definition) is 2. The van der Waals surface area contributed by atoms with E-state index in [0.717, 1.165) is 43.6 Å². The van der Waals surface area contributed by atoms with Gasteiger partial charge in [0.2, 0.25) is 0 Å². The molecule has 8 nitrogen and oxygen atoms in total. The predicted octanol–water partition coefficient (Wildman–Crippen LogP) is 5.02. The number of benzene rings is 2. The Morgan fingerprint density at radius 1 is 0.944 bits per heavy atom. The monoisotopic (exact) mass is 484 g/mol. The number of nitrogens with zero attached hydrogens (tertiary/aromatic N) is 4. The number of anilines is 2. The van der Waals surface area contributed by atoms with Gasteiger partial charge in [-0.05, 0) is 61.7 Å². The third-order valence-corrected chi connectivity index (χ3v) is 6.27. The van der Waals surface area contributed by atoms with E-state index < -0.39 is 11.7 Å². The molecule has 0 saturated heterocycles. The van der Waals surface area contributed by atoms with Gasteiger partial charge >= 0.3 is 0 Å². The Morgan fingerprint density at radius 3 is 2.61 bits per heavy atom. The van der Waals surface area contributed by atoms with Gasteiger partial charge in [-0.1, -0.05) is 18.6 Å². The molecule has 36 heavy (non-hydrogen) atoms. The van der Waals surface area contributed by atoms with E-state index in [1.54, 1.807) is 30.3 Å². The summed E-state index contributed by atoms with van der Waals surface area (Å²) >= 11 is 0. The van der Waals surface area contributed by atoms with Crippen molar-refractivity contribution in [3.63, 3.8) is 0 Å². The molecule has 2 amide bonds. The van der Waals surface area contributed by atoms with Gasteiger partial charge in [0.1, 0.15) is 11.6 Å². The molecule has 0 atom stereocenters. The molecule has 0 bridgehead atoms. The second-order valence-corrected chi connectivity index (χ2v) is 8.74. The summed E-state index contributed by atoms with van der Waals surface area (Å²) in [6.07, 6.45) is 6.98. The molecule has 0 spiro atoms. The lowest BCUT2D eigenvalue weighted by atomic mass is 10.1. The van der Waals surface area contributed by atoms with E-state index in [-0.39, 0.29) is 11.5 Å². The fourth-order valence-electron chi connectivity index (χ4n) is 4.37. The Labute approximate surface area is 207 Å². The maximum Gasteiger partial charge on any atom is 0.257 e. The zero-order valence-corrected chi connectivity index (χ0v) is 19.8. The zero-order chi connectivity index (χ0) is 25.1. The fourth-order valence-corrected chi connectivity index (χ4v) is 4.37. The van der Waals surface area contributed by atoms with Gasteiger partial charge in [-0.3, -0.25) is 14.6 Å². The predicted molar refractivity (Wildman–Crippen MR) is 134 cm³/mol. The maximum absolute atomic E-state index is 14.8. The highest BCUT2D eigenvalue weighted by atomic mass is 19.1. The van der Waals surface area contributed by atoms with Crippen molar-refractivity contribution in [1.82, 2.24) is 19.7 Å². The summed E-state index contributed by atoms with van der Waals surface area (Å²) in [5.74, 6) is 0.0963. The Morgan fingerprint density at radius 2 is 1.78 bits per heavy atom. The Bertz CT molecular complexity index is 1430. The lowest BCUT2D eigenvalue weighted by Gasteiger charge is -2.15. The standard InChI is InChI=1S/C27H25FN6O2/c1-17-6-5-7-20(24(17)31-26(35)18-11-13-29-14-12-18)27(36)30-19-9-10-22(28)21(16-19)25-33-32-23-8-3-2-4-15-34(23)25/h5-7,9-14,16H,2-4,8,15H2,1H3,(H,30,36)(H,31,35). The smallest absolute Gasteiger partial charge is 0.257 e. The van der Waals surface area contributed by atoms with E-state index in [2.05, 4.69) is 25.8 Å². The SMILES string of the molecule is Cc1cccc(C(=O)Nc2ccc(F)c(-c3nnc4n3CCCCC4)c2)c1NC(=O)c1ccncc1. The molecule has 4 aromatic rings. The van der Waals surface area contributed by atoms with E-state index in [9.17, 15) is 14.0 Å². The molecule has 0 fully saturated rings. The molecule has 2 aromatic heterocycles. The normalized spacial score (nSPS) is 12.9. The summed E-state index contributed by atoms with van der Waals surface area (Å²) in [6, 6.07) is 12.8. The molecule has 0 radical (unpaired) electrons. The highest BCUT2D eigenvalue weighted by molar-refractivity contribution is 6.13. The number of nitrogens with one attached hydrogen (secondary N) is 2. The minimum Gasteiger partial charge on any atom is -0.322 e. The lowest BCUT2D eigenvalue weighted by Crippen LogP contribution is -2.19. The third kappa shape index (κ3) is 4.72. The molecule has 5 rings (SSSR count). The van der Waals surface area contributed by atoms with Gasteiger partial charge in [-0.25, -0.2) is 4.39 Å². The van der Waals surface area contributed by atoms with Crippen molar-refractivity contribution in [2.45, 2.75) is 39.2 Å². The molecule has 1 aliphatic heterocycles. The van der Waals surface area contributed by atoms with Crippen molar-refractivity contribution in [2.24, 2.45) is 0 Å². The largest absolute Gasteiger partial charge is 0.322 e. The summed E-state index contributed by atoms with van der Waals surface area (Å²) in [5, 5.41) is 14.2. The van der Waals surface area contributed by atoms with Crippen molar-refractivity contribution < 1.29 is 14.0 Å². The van der Waals surface area contributed by atoms with Crippen molar-refractivity contribution in [3.8, 4) is 11.4 Å². The van der Waals surface area contributed by atoms with Gasteiger partial charge in [-0.2, -0.15) is 0 Å². The molecular weight excluding hydrogens is 459 g/mol. The number of halogens is 1. The van der Waals surface area contributed by atoms with Crippen LogP contribution in [0.1, 0.15) is 51.4 Å². The molecule has 0 aliphatic carbocycles. The van der Waals surface area contributed by atoms with Crippen LogP contribution in [0.25, 0.3) is 11.4 Å². The third-order valence-electron chi connectivity index (χ3n) is 6.27. The maximum atomic E-state index is 14.8. The molecule has 2 aromatic carbocycles. The number of carbonyl (C=O) groups excluding carboxylic acids is 2. The number of hydrogen-bond acceptors (Lipinski definition) is 5. The fraction of sp³-hybridized carbons (Fsp3) is 0.222. The first-order chi connectivity index (χ1) is 17.5. The van der Waals surface area contributed by atoms with Gasteiger partial charge < -0.3 is 15.2 Å². The second-order valence-electron chi connectivity index (χ2n) is 8.74. The number of aryl methyl sites for hydroxylation is 2. The molecule has 1 aliphatic rings. The van der Waals surface area contributed by atoms with Gasteiger partial charge in [0, 0.05) is 36.6 Å². The number of rotatable bonds is 5. The van der Waals surface area contributed by atoms with Crippen LogP contribution in [0.2, 0.25) is 0 Å². The summed E-state index contributed by atoms with van der Waals surface area (Å²) in [7, 11) is 0. The topological polar surface area (TPSA) is 102 Å². The van der Waals surface area contributed by atoms with Gasteiger partial charge in [-0.15, -0.1) is 10.2 Å². The van der Waals surface area contributed by atoms with Crippen molar-refractivity contribution in [1.29, 1.82) is 0 Å². The van der Waals surface area contributed by atoms with Crippen LogP contribution >= 0.6 is 0 Å². The highest BCUT2D eigenvalue weighted by Crippen LogP contribution is 2.29. The first kappa shape index (κ1) is 23.3. The lowest BCUT2D eigenvalue weighted by molar-refractivity contribution is 0.102. The highest BCUT2D eigenvalue weighted by Gasteiger charge is 2.21. The van der Waals surface area contributed by atoms with Gasteiger partial charge in [0.15, 0.2) is 5.82 Å². The van der Waals surface area contributed by atoms with Crippen LogP contribution in [0.3, 0.4) is 0 Å². The average Bonchev–Trinajstić information content (AvgIpc) is 3.14. The van der Waals surface area contributed by atoms with E-state index in [0.29, 0.717) is 28.3 Å². The molecular formula is C27H25FN6O2. The quantitative estimate of drug-likeness (QED) is 0.414. The van der Waals surface area contributed by atoms with E-state index in [1.165, 1.54) is 24.5 Å². The number of para-hydroxylation sites is 1. The van der Waals surface area contributed by atoms with Crippen molar-refractivity contribution >= 4 is 23.2 Å². The summed E-state index contributed by atoms with van der Waals surface area (Å²) < 4.78 is 16.8. The van der Waals surface area contributed by atoms with Crippen LogP contribution in [0.4, 0.5) is 15.8 Å². The minimum atomic E-state index is -0.437. The van der Waals surface area contributed by atoms with Gasteiger partial charge in [0.25, 0.3) is 11.8 Å². The summed E-state index contributed by atoms with van der Waals surface area (Å²) in [6.45, 7) is 2.55.